The molecule has 0 fully saturated rings. The van der Waals surface area contributed by atoms with Crippen molar-refractivity contribution in [2.75, 3.05) is 13.7 Å². The summed E-state index contributed by atoms with van der Waals surface area (Å²) in [5.41, 5.74) is -0.934. The fraction of sp³-hybridized carbons (Fsp3) is 0.583. The van der Waals surface area contributed by atoms with Gasteiger partial charge in [-0.1, -0.05) is 5.16 Å². The summed E-state index contributed by atoms with van der Waals surface area (Å²) in [6, 6.07) is 0. The number of aliphatic hydroxyl groups excluding tert-OH is 1. The molecule has 122 valence electrons. The lowest BCUT2D eigenvalue weighted by atomic mass is 10.1. The maximum Gasteiger partial charge on any atom is 0.435 e. The van der Waals surface area contributed by atoms with Crippen LogP contribution in [0.15, 0.2) is 10.7 Å². The Hall–Kier alpha value is -1.94. The quantitative estimate of drug-likeness (QED) is 0.830. The van der Waals surface area contributed by atoms with Gasteiger partial charge in [0.1, 0.15) is 13.2 Å². The van der Waals surface area contributed by atoms with Crippen molar-refractivity contribution in [1.82, 2.24) is 19.9 Å². The highest BCUT2D eigenvalue weighted by atomic mass is 19.4. The first kappa shape index (κ1) is 16.4. The molecular weight excluding hydrogens is 305 g/mol. The van der Waals surface area contributed by atoms with Gasteiger partial charge in [-0.2, -0.15) is 23.3 Å². The molecule has 0 radical (unpaired) electrons. The second-order valence-electron chi connectivity index (χ2n) is 4.56. The van der Waals surface area contributed by atoms with Gasteiger partial charge in [-0.05, 0) is 12.8 Å². The Morgan fingerprint density at radius 2 is 2.18 bits per heavy atom. The zero-order chi connectivity index (χ0) is 16.2. The highest BCUT2D eigenvalue weighted by molar-refractivity contribution is 5.20. The lowest BCUT2D eigenvalue weighted by molar-refractivity contribution is -0.142. The van der Waals surface area contributed by atoms with Gasteiger partial charge >= 0.3 is 6.18 Å². The van der Waals surface area contributed by atoms with E-state index in [0.717, 1.165) is 4.68 Å². The van der Waals surface area contributed by atoms with Crippen LogP contribution in [0.3, 0.4) is 0 Å². The number of rotatable bonds is 7. The van der Waals surface area contributed by atoms with Crippen LogP contribution >= 0.6 is 0 Å². The van der Waals surface area contributed by atoms with Gasteiger partial charge in [-0.3, -0.25) is 4.68 Å². The fourth-order valence-corrected chi connectivity index (χ4v) is 1.92. The summed E-state index contributed by atoms with van der Waals surface area (Å²) in [4.78, 5) is 3.97. The first-order valence-electron chi connectivity index (χ1n) is 6.48. The highest BCUT2D eigenvalue weighted by Crippen LogP contribution is 2.31. The van der Waals surface area contributed by atoms with Crippen molar-refractivity contribution in [2.24, 2.45) is 0 Å². The van der Waals surface area contributed by atoms with Crippen LogP contribution in [0.5, 0.6) is 0 Å². The molecule has 2 heterocycles. The third kappa shape index (κ3) is 4.04. The molecule has 0 amide bonds. The predicted octanol–water partition coefficient (Wildman–Crippen LogP) is 1.40. The molecule has 0 atom stereocenters. The Morgan fingerprint density at radius 1 is 1.41 bits per heavy atom. The van der Waals surface area contributed by atoms with E-state index in [-0.39, 0.29) is 44.1 Å². The molecule has 2 rings (SSSR count). The molecule has 0 aliphatic carbocycles. The minimum atomic E-state index is -4.55. The van der Waals surface area contributed by atoms with Gasteiger partial charge in [0.15, 0.2) is 11.5 Å². The molecule has 0 aliphatic heterocycles. The fourth-order valence-electron chi connectivity index (χ4n) is 1.92. The number of halogens is 3. The summed E-state index contributed by atoms with van der Waals surface area (Å²) in [6.07, 6.45) is -2.96. The second-order valence-corrected chi connectivity index (χ2v) is 4.56. The lowest BCUT2D eigenvalue weighted by Crippen LogP contribution is -2.10. The van der Waals surface area contributed by atoms with Crippen molar-refractivity contribution >= 4 is 0 Å². The van der Waals surface area contributed by atoms with E-state index in [1.54, 1.807) is 0 Å². The van der Waals surface area contributed by atoms with E-state index in [1.165, 1.54) is 13.3 Å². The number of aryl methyl sites for hydroxylation is 1. The summed E-state index contributed by atoms with van der Waals surface area (Å²) in [5, 5.41) is 15.9. The Bertz CT molecular complexity index is 609. The molecule has 1 N–H and O–H groups in total. The van der Waals surface area contributed by atoms with Crippen LogP contribution in [0.4, 0.5) is 13.2 Å². The third-order valence-electron chi connectivity index (χ3n) is 2.79. The lowest BCUT2D eigenvalue weighted by Gasteiger charge is -2.04. The first-order chi connectivity index (χ1) is 10.4. The average Bonchev–Trinajstić information content (AvgIpc) is 3.04. The molecule has 2 aromatic heterocycles. The topological polar surface area (TPSA) is 86.2 Å². The molecule has 22 heavy (non-hydrogen) atoms. The molecule has 0 saturated heterocycles. The normalized spacial score (nSPS) is 12.0. The average molecular weight is 320 g/mol. The van der Waals surface area contributed by atoms with E-state index in [1.807, 2.05) is 0 Å². The number of alkyl halides is 3. The highest BCUT2D eigenvalue weighted by Gasteiger charge is 2.37. The molecule has 0 bridgehead atoms. The largest absolute Gasteiger partial charge is 0.435 e. The summed E-state index contributed by atoms with van der Waals surface area (Å²) in [5.74, 6) is 0.443. The van der Waals surface area contributed by atoms with Crippen LogP contribution in [0.25, 0.3) is 0 Å². The number of aliphatic hydroxyl groups is 1. The zero-order valence-corrected chi connectivity index (χ0v) is 11.8. The molecule has 0 aromatic carbocycles. The number of ether oxygens (including phenoxy) is 1. The monoisotopic (exact) mass is 320 g/mol. The predicted molar refractivity (Wildman–Crippen MR) is 66.7 cm³/mol. The second kappa shape index (κ2) is 6.88. The molecule has 0 saturated carbocycles. The molecule has 7 nitrogen and oxygen atoms in total. The van der Waals surface area contributed by atoms with Gasteiger partial charge in [0, 0.05) is 25.5 Å². The molecule has 0 unspecified atom stereocenters. The number of hydrogen-bond acceptors (Lipinski definition) is 6. The zero-order valence-electron chi connectivity index (χ0n) is 11.8. The molecule has 0 spiro atoms. The van der Waals surface area contributed by atoms with E-state index >= 15 is 0 Å². The number of aromatic nitrogens is 4. The van der Waals surface area contributed by atoms with Crippen LogP contribution < -0.4 is 0 Å². The van der Waals surface area contributed by atoms with Crippen molar-refractivity contribution in [2.45, 2.75) is 32.2 Å². The summed E-state index contributed by atoms with van der Waals surface area (Å²) in [7, 11) is 1.46. The maximum atomic E-state index is 12.9. The molecule has 10 heteroatoms. The Kier molecular flexibility index (Phi) is 5.14. The van der Waals surface area contributed by atoms with E-state index in [4.69, 9.17) is 14.4 Å². The number of nitrogens with zero attached hydrogens (tertiary/aromatic N) is 4. The van der Waals surface area contributed by atoms with Gasteiger partial charge in [0.2, 0.25) is 5.89 Å². The van der Waals surface area contributed by atoms with Crippen molar-refractivity contribution < 1.29 is 27.5 Å². The van der Waals surface area contributed by atoms with Gasteiger partial charge in [0.25, 0.3) is 0 Å². The molecule has 2 aromatic rings. The Balaban J connectivity index is 2.17. The van der Waals surface area contributed by atoms with Crippen LogP contribution in [0, 0.1) is 0 Å². The van der Waals surface area contributed by atoms with E-state index in [2.05, 4.69) is 15.2 Å². The molecular formula is C12H15F3N4O3. The van der Waals surface area contributed by atoms with Crippen LogP contribution in [0.1, 0.15) is 29.4 Å². The molecule has 0 aliphatic rings. The first-order valence-corrected chi connectivity index (χ1v) is 6.48. The summed E-state index contributed by atoms with van der Waals surface area (Å²) < 4.78 is 49.6. The smallest absolute Gasteiger partial charge is 0.396 e. The number of hydrogen-bond donors (Lipinski definition) is 1. The Labute approximate surface area is 123 Å². The van der Waals surface area contributed by atoms with E-state index < -0.39 is 11.9 Å². The van der Waals surface area contributed by atoms with Crippen molar-refractivity contribution in [3.63, 3.8) is 0 Å². The maximum absolute atomic E-state index is 12.9. The minimum absolute atomic E-state index is 0.0261. The van der Waals surface area contributed by atoms with Crippen molar-refractivity contribution in [1.29, 1.82) is 0 Å². The van der Waals surface area contributed by atoms with Crippen LogP contribution in [-0.4, -0.2) is 38.7 Å². The minimum Gasteiger partial charge on any atom is -0.396 e. The van der Waals surface area contributed by atoms with E-state index in [0.29, 0.717) is 5.82 Å². The van der Waals surface area contributed by atoms with Crippen molar-refractivity contribution in [3.05, 3.63) is 29.2 Å². The van der Waals surface area contributed by atoms with Gasteiger partial charge < -0.3 is 14.4 Å². The standard InChI is InChI=1S/C12H15F3N4O3/c1-21-7-9-16-10(22-18-9)6-19-5-8(3-2-4-20)11(17-19)12(13,14)15/h5,20H,2-4,6-7H2,1H3. The van der Waals surface area contributed by atoms with Crippen LogP contribution in [0.2, 0.25) is 0 Å². The summed E-state index contributed by atoms with van der Waals surface area (Å²) >= 11 is 0. The third-order valence-corrected chi connectivity index (χ3v) is 2.79. The summed E-state index contributed by atoms with van der Waals surface area (Å²) in [6.45, 7) is -0.108. The van der Waals surface area contributed by atoms with Crippen LogP contribution in [-0.2, 0) is 30.5 Å². The SMILES string of the molecule is COCc1noc(Cn2cc(CCCO)c(C(F)(F)F)n2)n1. The van der Waals surface area contributed by atoms with Crippen molar-refractivity contribution in [3.8, 4) is 0 Å². The van der Waals surface area contributed by atoms with E-state index in [9.17, 15) is 13.2 Å². The Morgan fingerprint density at radius 3 is 2.82 bits per heavy atom. The van der Waals surface area contributed by atoms with Gasteiger partial charge in [-0.25, -0.2) is 0 Å². The van der Waals surface area contributed by atoms with Gasteiger partial charge in [0.05, 0.1) is 0 Å². The number of methoxy groups -OCH3 is 1. The van der Waals surface area contributed by atoms with Gasteiger partial charge in [-0.15, -0.1) is 0 Å².